The largest absolute Gasteiger partial charge is 0.457 e. The molecule has 0 atom stereocenters. The number of nitrogens with zero attached hydrogens (tertiary/aromatic N) is 2. The van der Waals surface area contributed by atoms with Gasteiger partial charge in [0, 0.05) is 44.0 Å². The fraction of sp³-hybridized carbons (Fsp3) is 0.296. The van der Waals surface area contributed by atoms with E-state index in [0.29, 0.717) is 31.1 Å². The molecule has 0 aliphatic carbocycles. The van der Waals surface area contributed by atoms with E-state index in [4.69, 9.17) is 4.74 Å². The van der Waals surface area contributed by atoms with E-state index < -0.39 is 5.92 Å². The molecular weight excluding hydrogens is 430 g/mol. The van der Waals surface area contributed by atoms with Crippen molar-refractivity contribution in [3.05, 3.63) is 93.9 Å². The molecule has 174 valence electrons. The lowest BCUT2D eigenvalue weighted by atomic mass is 9.87. The van der Waals surface area contributed by atoms with Crippen LogP contribution in [-0.4, -0.2) is 40.9 Å². The van der Waals surface area contributed by atoms with E-state index in [0.717, 1.165) is 24.0 Å². The van der Waals surface area contributed by atoms with Gasteiger partial charge in [0.25, 0.3) is 11.5 Å². The molecule has 3 aromatic rings. The number of benzene rings is 2. The van der Waals surface area contributed by atoms with E-state index in [1.807, 2.05) is 48.5 Å². The Balaban J connectivity index is 1.22. The molecule has 1 fully saturated rings. The Kier molecular flexibility index (Phi) is 5.92. The lowest BCUT2D eigenvalue weighted by Crippen LogP contribution is -2.44. The summed E-state index contributed by atoms with van der Waals surface area (Å²) in [6.07, 6.45) is 3.20. The maximum atomic E-state index is 13.3. The van der Waals surface area contributed by atoms with Crippen LogP contribution in [0.5, 0.6) is 11.5 Å². The number of hydrogen-bond donors (Lipinski definition) is 1. The van der Waals surface area contributed by atoms with Crippen molar-refractivity contribution in [2.75, 3.05) is 19.6 Å². The number of pyridine rings is 1. The highest BCUT2D eigenvalue weighted by Crippen LogP contribution is 2.43. The quantitative estimate of drug-likeness (QED) is 0.652. The first-order valence-corrected chi connectivity index (χ1v) is 11.6. The summed E-state index contributed by atoms with van der Waals surface area (Å²) in [5.41, 5.74) is 1.65. The van der Waals surface area contributed by atoms with Crippen LogP contribution in [0, 0.1) is 5.92 Å². The van der Waals surface area contributed by atoms with Crippen LogP contribution in [0.25, 0.3) is 0 Å². The van der Waals surface area contributed by atoms with Crippen molar-refractivity contribution < 1.29 is 14.3 Å². The number of aromatic nitrogens is 1. The zero-order valence-electron chi connectivity index (χ0n) is 19.1. The third-order valence-corrected chi connectivity index (χ3v) is 6.76. The van der Waals surface area contributed by atoms with Gasteiger partial charge in [-0.2, -0.15) is 0 Å². The van der Waals surface area contributed by atoms with E-state index in [2.05, 4.69) is 5.32 Å². The first-order valence-electron chi connectivity index (χ1n) is 11.6. The molecule has 2 aliphatic heterocycles. The van der Waals surface area contributed by atoms with Crippen LogP contribution in [0.2, 0.25) is 0 Å². The van der Waals surface area contributed by atoms with Gasteiger partial charge in [-0.3, -0.25) is 14.4 Å². The van der Waals surface area contributed by atoms with Crippen molar-refractivity contribution in [3.8, 4) is 11.5 Å². The second-order valence-corrected chi connectivity index (χ2v) is 8.93. The number of piperidine rings is 1. The molecule has 0 bridgehead atoms. The van der Waals surface area contributed by atoms with Gasteiger partial charge in [0.1, 0.15) is 17.1 Å². The number of amides is 2. The molecular formula is C27H27N3O4. The predicted octanol–water partition coefficient (Wildman–Crippen LogP) is 3.29. The van der Waals surface area contributed by atoms with Gasteiger partial charge in [-0.25, -0.2) is 0 Å². The van der Waals surface area contributed by atoms with E-state index in [9.17, 15) is 14.4 Å². The molecule has 2 aromatic carbocycles. The molecule has 0 unspecified atom stereocenters. The minimum Gasteiger partial charge on any atom is -0.457 e. The van der Waals surface area contributed by atoms with Crippen LogP contribution in [0.3, 0.4) is 0 Å². The van der Waals surface area contributed by atoms with Crippen molar-refractivity contribution in [3.63, 3.8) is 0 Å². The van der Waals surface area contributed by atoms with Crippen molar-refractivity contribution in [1.82, 2.24) is 14.8 Å². The summed E-state index contributed by atoms with van der Waals surface area (Å²) in [5, 5.41) is 3.14. The van der Waals surface area contributed by atoms with Crippen LogP contribution < -0.4 is 15.6 Å². The number of carbonyl (C=O) groups is 2. The van der Waals surface area contributed by atoms with E-state index >= 15 is 0 Å². The fourth-order valence-corrected chi connectivity index (χ4v) is 4.81. The average Bonchev–Trinajstić information content (AvgIpc) is 2.87. The Morgan fingerprint density at radius 3 is 2.21 bits per heavy atom. The monoisotopic (exact) mass is 457 g/mol. The zero-order valence-corrected chi connectivity index (χ0v) is 19.1. The highest BCUT2D eigenvalue weighted by molar-refractivity contribution is 5.94. The van der Waals surface area contributed by atoms with E-state index in [1.165, 1.54) is 4.57 Å². The average molecular weight is 458 g/mol. The van der Waals surface area contributed by atoms with Crippen LogP contribution in [-0.2, 0) is 11.8 Å². The van der Waals surface area contributed by atoms with Crippen molar-refractivity contribution in [2.45, 2.75) is 18.8 Å². The molecule has 3 heterocycles. The molecule has 7 nitrogen and oxygen atoms in total. The molecule has 2 aliphatic rings. The van der Waals surface area contributed by atoms with Gasteiger partial charge in [-0.1, -0.05) is 36.4 Å². The molecule has 34 heavy (non-hydrogen) atoms. The van der Waals surface area contributed by atoms with Crippen LogP contribution in [0.4, 0.5) is 0 Å². The fourth-order valence-electron chi connectivity index (χ4n) is 4.81. The van der Waals surface area contributed by atoms with Gasteiger partial charge in [-0.15, -0.1) is 0 Å². The molecule has 5 rings (SSSR count). The predicted molar refractivity (Wildman–Crippen MR) is 128 cm³/mol. The number of ether oxygens (including phenoxy) is 1. The summed E-state index contributed by atoms with van der Waals surface area (Å²) in [7, 11) is 1.64. The standard InChI is InChI=1S/C27H27N3O4/c1-29-14-6-9-21(26(29)32)27(33)30-15-12-18(13-16-30)17-28-25(31)24-19-7-2-4-10-22(19)34-23-11-5-3-8-20(23)24/h2-11,14,18,24H,12-13,15-17H2,1H3,(H,28,31). The summed E-state index contributed by atoms with van der Waals surface area (Å²) >= 11 is 0. The number of aryl methyl sites for hydroxylation is 1. The Morgan fingerprint density at radius 1 is 0.941 bits per heavy atom. The van der Waals surface area contributed by atoms with Crippen LogP contribution in [0.15, 0.2) is 71.7 Å². The number of likely N-dealkylation sites (tertiary alicyclic amines) is 1. The van der Waals surface area contributed by atoms with Gasteiger partial charge < -0.3 is 19.5 Å². The van der Waals surface area contributed by atoms with Crippen molar-refractivity contribution in [1.29, 1.82) is 0 Å². The number of fused-ring (bicyclic) bond motifs is 2. The second-order valence-electron chi connectivity index (χ2n) is 8.93. The summed E-state index contributed by atoms with van der Waals surface area (Å²) in [6.45, 7) is 1.69. The lowest BCUT2D eigenvalue weighted by Gasteiger charge is -2.33. The zero-order chi connectivity index (χ0) is 23.7. The number of nitrogens with one attached hydrogen (secondary N) is 1. The van der Waals surface area contributed by atoms with Gasteiger partial charge >= 0.3 is 0 Å². The van der Waals surface area contributed by atoms with Gasteiger partial charge in [0.05, 0.1) is 5.92 Å². The van der Waals surface area contributed by atoms with Gasteiger partial charge in [0.2, 0.25) is 5.91 Å². The molecule has 0 saturated carbocycles. The number of hydrogen-bond acceptors (Lipinski definition) is 4. The van der Waals surface area contributed by atoms with E-state index in [-0.39, 0.29) is 28.9 Å². The van der Waals surface area contributed by atoms with Crippen LogP contribution in [0.1, 0.15) is 40.2 Å². The highest BCUT2D eigenvalue weighted by atomic mass is 16.5. The Bertz CT molecular complexity index is 1250. The molecule has 0 radical (unpaired) electrons. The first kappa shape index (κ1) is 21.9. The third kappa shape index (κ3) is 4.09. The molecule has 1 saturated heterocycles. The first-order chi connectivity index (χ1) is 16.5. The van der Waals surface area contributed by atoms with Crippen LogP contribution >= 0.6 is 0 Å². The van der Waals surface area contributed by atoms with Crippen molar-refractivity contribution in [2.24, 2.45) is 13.0 Å². The summed E-state index contributed by atoms with van der Waals surface area (Å²) in [6, 6.07) is 18.6. The minimum absolute atomic E-state index is 0.0468. The molecule has 0 spiro atoms. The molecule has 7 heteroatoms. The summed E-state index contributed by atoms with van der Waals surface area (Å²) in [5.74, 6) is 1.00. The molecule has 2 amide bonds. The Morgan fingerprint density at radius 2 is 1.56 bits per heavy atom. The maximum Gasteiger partial charge on any atom is 0.263 e. The number of carbonyl (C=O) groups excluding carboxylic acids is 2. The highest BCUT2D eigenvalue weighted by Gasteiger charge is 2.33. The second kappa shape index (κ2) is 9.17. The maximum absolute atomic E-state index is 13.3. The Labute approximate surface area is 198 Å². The van der Waals surface area contributed by atoms with Gasteiger partial charge in [0.15, 0.2) is 0 Å². The molecule has 1 aromatic heterocycles. The minimum atomic E-state index is -0.419. The normalized spacial score (nSPS) is 15.7. The molecule has 1 N–H and O–H groups in total. The lowest BCUT2D eigenvalue weighted by molar-refractivity contribution is -0.122. The summed E-state index contributed by atoms with van der Waals surface area (Å²) < 4.78 is 7.42. The topological polar surface area (TPSA) is 80.6 Å². The number of para-hydroxylation sites is 2. The SMILES string of the molecule is Cn1cccc(C(=O)N2CCC(CNC(=O)C3c4ccccc4Oc4ccccc43)CC2)c1=O. The smallest absolute Gasteiger partial charge is 0.263 e. The third-order valence-electron chi connectivity index (χ3n) is 6.76. The Hall–Kier alpha value is -3.87. The summed E-state index contributed by atoms with van der Waals surface area (Å²) in [4.78, 5) is 40.2. The van der Waals surface area contributed by atoms with Gasteiger partial charge in [-0.05, 0) is 43.0 Å². The van der Waals surface area contributed by atoms with Crippen molar-refractivity contribution >= 4 is 11.8 Å². The van der Waals surface area contributed by atoms with E-state index in [1.54, 1.807) is 30.3 Å². The number of rotatable bonds is 4.